The molecule has 0 unspecified atom stereocenters. The molecule has 0 spiro atoms. The summed E-state index contributed by atoms with van der Waals surface area (Å²) in [7, 11) is -3.71. The van der Waals surface area contributed by atoms with Crippen molar-refractivity contribution in [3.63, 3.8) is 0 Å². The van der Waals surface area contributed by atoms with Gasteiger partial charge >= 0.3 is 0 Å². The summed E-state index contributed by atoms with van der Waals surface area (Å²) in [5, 5.41) is 15.2. The Bertz CT molecular complexity index is 668. The minimum absolute atomic E-state index is 0.0306. The Hall–Kier alpha value is -2.06. The molecule has 0 radical (unpaired) electrons. The topological polar surface area (TPSA) is 104 Å². The van der Waals surface area contributed by atoms with Crippen molar-refractivity contribution in [3.8, 4) is 5.75 Å². The van der Waals surface area contributed by atoms with Crippen molar-refractivity contribution in [1.82, 2.24) is 10.2 Å². The van der Waals surface area contributed by atoms with Gasteiger partial charge in [0.2, 0.25) is 0 Å². The lowest BCUT2D eigenvalue weighted by atomic mass is 10.2. The number of nitrogens with zero attached hydrogens (tertiary/aromatic N) is 1. The third-order valence-electron chi connectivity index (χ3n) is 2.55. The van der Waals surface area contributed by atoms with Crippen molar-refractivity contribution in [2.24, 2.45) is 0 Å². The molecule has 0 amide bonds. The van der Waals surface area contributed by atoms with Gasteiger partial charge in [-0.2, -0.15) is 13.5 Å². The normalized spacial score (nSPS) is 11.3. The van der Waals surface area contributed by atoms with Crippen LogP contribution in [0.2, 0.25) is 0 Å². The van der Waals surface area contributed by atoms with E-state index >= 15 is 0 Å². The van der Waals surface area contributed by atoms with Gasteiger partial charge in [-0.1, -0.05) is 0 Å². The maximum atomic E-state index is 12.0. The van der Waals surface area contributed by atoms with Crippen LogP contribution in [0.1, 0.15) is 12.5 Å². The van der Waals surface area contributed by atoms with E-state index in [0.29, 0.717) is 23.6 Å². The molecular formula is C12H15N3O4S. The zero-order chi connectivity index (χ0) is 14.6. The minimum Gasteiger partial charge on any atom is -0.494 e. The van der Waals surface area contributed by atoms with Crippen LogP contribution < -0.4 is 9.46 Å². The van der Waals surface area contributed by atoms with Gasteiger partial charge in [0.15, 0.2) is 5.03 Å². The predicted octanol–water partition coefficient (Wildman–Crippen LogP) is 1.10. The number of nitrogens with one attached hydrogen (secondary N) is 2. The number of benzene rings is 1. The summed E-state index contributed by atoms with van der Waals surface area (Å²) in [5.41, 5.74) is 0.851. The molecule has 0 saturated heterocycles. The minimum atomic E-state index is -3.71. The highest BCUT2D eigenvalue weighted by Crippen LogP contribution is 2.24. The molecule has 0 aliphatic heterocycles. The Morgan fingerprint density at radius 2 is 2.20 bits per heavy atom. The van der Waals surface area contributed by atoms with E-state index in [1.54, 1.807) is 12.1 Å². The van der Waals surface area contributed by atoms with Crippen LogP contribution in [0.3, 0.4) is 0 Å². The van der Waals surface area contributed by atoms with Gasteiger partial charge in [-0.15, -0.1) is 0 Å². The van der Waals surface area contributed by atoms with E-state index in [0.717, 1.165) is 0 Å². The Morgan fingerprint density at radius 1 is 1.40 bits per heavy atom. The van der Waals surface area contributed by atoms with Gasteiger partial charge < -0.3 is 9.84 Å². The molecule has 20 heavy (non-hydrogen) atoms. The zero-order valence-electron chi connectivity index (χ0n) is 10.8. The molecule has 8 heteroatoms. The molecule has 0 saturated carbocycles. The number of H-pyrrole nitrogens is 1. The van der Waals surface area contributed by atoms with Crippen LogP contribution in [0.5, 0.6) is 5.75 Å². The second-order valence-electron chi connectivity index (χ2n) is 3.94. The molecule has 108 valence electrons. The fourth-order valence-corrected chi connectivity index (χ4v) is 2.63. The first-order valence-corrected chi connectivity index (χ1v) is 7.44. The van der Waals surface area contributed by atoms with Gasteiger partial charge in [0.1, 0.15) is 5.75 Å². The predicted molar refractivity (Wildman–Crippen MR) is 72.9 cm³/mol. The lowest BCUT2D eigenvalue weighted by Gasteiger charge is -2.11. The zero-order valence-corrected chi connectivity index (χ0v) is 11.6. The van der Waals surface area contributed by atoms with Crippen LogP contribution in [-0.2, 0) is 16.6 Å². The summed E-state index contributed by atoms with van der Waals surface area (Å²) in [5.74, 6) is 0.527. The molecule has 1 aromatic carbocycles. The van der Waals surface area contributed by atoms with E-state index in [2.05, 4.69) is 14.9 Å². The monoisotopic (exact) mass is 297 g/mol. The van der Waals surface area contributed by atoms with Crippen molar-refractivity contribution in [2.75, 3.05) is 11.3 Å². The molecule has 1 aromatic heterocycles. The molecule has 0 fully saturated rings. The van der Waals surface area contributed by atoms with Crippen LogP contribution in [0, 0.1) is 0 Å². The molecule has 0 aliphatic carbocycles. The molecular weight excluding hydrogens is 282 g/mol. The van der Waals surface area contributed by atoms with Crippen molar-refractivity contribution >= 4 is 15.7 Å². The van der Waals surface area contributed by atoms with E-state index < -0.39 is 10.0 Å². The average molecular weight is 297 g/mol. The SMILES string of the molecule is CCOc1ccc(NS(=O)(=O)c2ccn[nH]2)cc1CO. The first-order chi connectivity index (χ1) is 9.56. The maximum Gasteiger partial charge on any atom is 0.278 e. The van der Waals surface area contributed by atoms with Crippen molar-refractivity contribution in [3.05, 3.63) is 36.0 Å². The number of anilines is 1. The van der Waals surface area contributed by atoms with Crippen LogP contribution >= 0.6 is 0 Å². The summed E-state index contributed by atoms with van der Waals surface area (Å²) >= 11 is 0. The molecule has 3 N–H and O–H groups in total. The molecule has 0 bridgehead atoms. The molecule has 2 rings (SSSR count). The summed E-state index contributed by atoms with van der Waals surface area (Å²) in [6.45, 7) is 2.05. The third-order valence-corrected chi connectivity index (χ3v) is 3.86. The van der Waals surface area contributed by atoms with E-state index in [1.807, 2.05) is 6.92 Å². The highest BCUT2D eigenvalue weighted by molar-refractivity contribution is 7.92. The smallest absolute Gasteiger partial charge is 0.278 e. The fraction of sp³-hybridized carbons (Fsp3) is 0.250. The van der Waals surface area contributed by atoms with Crippen LogP contribution in [0.4, 0.5) is 5.69 Å². The number of hydrogen-bond donors (Lipinski definition) is 3. The molecule has 0 atom stereocenters. The van der Waals surface area contributed by atoms with Gasteiger partial charge in [-0.3, -0.25) is 9.82 Å². The van der Waals surface area contributed by atoms with Crippen LogP contribution in [-0.4, -0.2) is 30.3 Å². The van der Waals surface area contributed by atoms with Crippen LogP contribution in [0.25, 0.3) is 0 Å². The first kappa shape index (κ1) is 14.4. The largest absolute Gasteiger partial charge is 0.494 e. The number of aromatic amines is 1. The van der Waals surface area contributed by atoms with Gasteiger partial charge in [0.05, 0.1) is 19.4 Å². The molecule has 0 aliphatic rings. The van der Waals surface area contributed by atoms with Crippen molar-refractivity contribution < 1.29 is 18.3 Å². The Kier molecular flexibility index (Phi) is 4.26. The standard InChI is InChI=1S/C12H15N3O4S/c1-2-19-11-4-3-10(7-9(11)8-16)15-20(17,18)12-5-6-13-14-12/h3-7,15-16H,2,8H2,1H3,(H,13,14). The van der Waals surface area contributed by atoms with Gasteiger partial charge in [0, 0.05) is 11.3 Å². The number of aromatic nitrogens is 2. The summed E-state index contributed by atoms with van der Waals surface area (Å²) in [6.07, 6.45) is 1.35. The summed E-state index contributed by atoms with van der Waals surface area (Å²) in [4.78, 5) is 0. The van der Waals surface area contributed by atoms with E-state index in [4.69, 9.17) is 4.74 Å². The fourth-order valence-electron chi connectivity index (χ4n) is 1.67. The third kappa shape index (κ3) is 3.09. The van der Waals surface area contributed by atoms with E-state index in [9.17, 15) is 13.5 Å². The lowest BCUT2D eigenvalue weighted by molar-refractivity contribution is 0.267. The number of ether oxygens (including phenoxy) is 1. The first-order valence-electron chi connectivity index (χ1n) is 5.95. The second kappa shape index (κ2) is 5.93. The number of rotatable bonds is 6. The number of sulfonamides is 1. The molecule has 7 nitrogen and oxygen atoms in total. The quantitative estimate of drug-likeness (QED) is 0.740. The Balaban J connectivity index is 2.26. The van der Waals surface area contributed by atoms with Gasteiger partial charge in [-0.25, -0.2) is 0 Å². The second-order valence-corrected chi connectivity index (χ2v) is 5.59. The highest BCUT2D eigenvalue weighted by atomic mass is 32.2. The summed E-state index contributed by atoms with van der Waals surface area (Å²) in [6, 6.07) is 6.06. The van der Waals surface area contributed by atoms with E-state index in [-0.39, 0.29) is 11.6 Å². The van der Waals surface area contributed by atoms with Crippen molar-refractivity contribution in [2.45, 2.75) is 18.6 Å². The van der Waals surface area contributed by atoms with Gasteiger partial charge in [-0.05, 0) is 31.2 Å². The van der Waals surface area contributed by atoms with Crippen LogP contribution in [0.15, 0.2) is 35.5 Å². The number of aliphatic hydroxyl groups is 1. The Morgan fingerprint density at radius 3 is 2.80 bits per heavy atom. The number of hydrogen-bond acceptors (Lipinski definition) is 5. The average Bonchev–Trinajstić information content (AvgIpc) is 2.95. The van der Waals surface area contributed by atoms with E-state index in [1.165, 1.54) is 18.3 Å². The highest BCUT2D eigenvalue weighted by Gasteiger charge is 2.16. The van der Waals surface area contributed by atoms with Crippen molar-refractivity contribution in [1.29, 1.82) is 0 Å². The summed E-state index contributed by atoms with van der Waals surface area (Å²) < 4.78 is 31.7. The Labute approximate surface area is 116 Å². The molecule has 2 aromatic rings. The lowest BCUT2D eigenvalue weighted by Crippen LogP contribution is -2.13. The maximum absolute atomic E-state index is 12.0. The number of aliphatic hydroxyl groups excluding tert-OH is 1. The van der Waals surface area contributed by atoms with Gasteiger partial charge in [0.25, 0.3) is 10.0 Å². The molecule has 1 heterocycles.